The van der Waals surface area contributed by atoms with Crippen molar-refractivity contribution in [1.82, 2.24) is 5.32 Å². The molecule has 0 spiro atoms. The van der Waals surface area contributed by atoms with Crippen molar-refractivity contribution in [2.45, 2.75) is 26.8 Å². The summed E-state index contributed by atoms with van der Waals surface area (Å²) in [6.07, 6.45) is 0. The van der Waals surface area contributed by atoms with Crippen LogP contribution < -0.4 is 5.32 Å². The smallest absolute Gasteiger partial charge is 0.336 e. The molecule has 1 aromatic rings. The molecule has 0 unspecified atom stereocenters. The van der Waals surface area contributed by atoms with Crippen molar-refractivity contribution < 1.29 is 19.8 Å². The maximum Gasteiger partial charge on any atom is 0.336 e. The first kappa shape index (κ1) is 13.0. The number of carboxylic acid groups (broad SMARTS) is 1. The van der Waals surface area contributed by atoms with Gasteiger partial charge in [-0.25, -0.2) is 4.79 Å². The fourth-order valence-electron chi connectivity index (χ4n) is 1.51. The van der Waals surface area contributed by atoms with E-state index in [1.54, 1.807) is 13.8 Å². The molecule has 0 aliphatic rings. The summed E-state index contributed by atoms with van der Waals surface area (Å²) in [5, 5.41) is 21.1. The topological polar surface area (TPSA) is 86.6 Å². The van der Waals surface area contributed by atoms with Crippen molar-refractivity contribution >= 4 is 11.9 Å². The fraction of sp³-hybridized carbons (Fsp3) is 0.333. The molecule has 1 rings (SSSR count). The monoisotopic (exact) mass is 237 g/mol. The molecule has 0 fully saturated rings. The maximum absolute atomic E-state index is 11.8. The molecule has 0 heterocycles. The molecule has 0 aliphatic carbocycles. The highest BCUT2D eigenvalue weighted by Gasteiger charge is 2.21. The van der Waals surface area contributed by atoms with Gasteiger partial charge in [0.2, 0.25) is 0 Å². The molecule has 0 aliphatic heterocycles. The highest BCUT2D eigenvalue weighted by Crippen LogP contribution is 2.23. The molecule has 0 atom stereocenters. The third-order valence-electron chi connectivity index (χ3n) is 2.31. The average molecular weight is 237 g/mol. The number of rotatable bonds is 3. The molecule has 0 bridgehead atoms. The number of amides is 1. The van der Waals surface area contributed by atoms with Crippen molar-refractivity contribution in [1.29, 1.82) is 0 Å². The molecule has 17 heavy (non-hydrogen) atoms. The number of benzene rings is 1. The minimum absolute atomic E-state index is 0.0569. The Hall–Kier alpha value is -2.04. The maximum atomic E-state index is 11.8. The quantitative estimate of drug-likeness (QED) is 0.744. The Labute approximate surface area is 99.1 Å². The van der Waals surface area contributed by atoms with Crippen LogP contribution in [-0.4, -0.2) is 28.1 Å². The lowest BCUT2D eigenvalue weighted by Crippen LogP contribution is -2.31. The number of nitrogens with one attached hydrogen (secondary N) is 1. The van der Waals surface area contributed by atoms with Gasteiger partial charge in [-0.3, -0.25) is 4.79 Å². The average Bonchev–Trinajstić information content (AvgIpc) is 2.19. The first-order valence-corrected chi connectivity index (χ1v) is 5.21. The summed E-state index contributed by atoms with van der Waals surface area (Å²) in [5.41, 5.74) is 0.0820. The van der Waals surface area contributed by atoms with Gasteiger partial charge in [-0.2, -0.15) is 0 Å². The highest BCUT2D eigenvalue weighted by molar-refractivity contribution is 6.06. The van der Waals surface area contributed by atoms with Crippen LogP contribution in [0.1, 0.15) is 40.1 Å². The lowest BCUT2D eigenvalue weighted by molar-refractivity contribution is 0.0689. The lowest BCUT2D eigenvalue weighted by atomic mass is 10.00. The number of hydrogen-bond donors (Lipinski definition) is 3. The first-order chi connectivity index (χ1) is 7.84. The molecule has 1 amide bonds. The van der Waals surface area contributed by atoms with Gasteiger partial charge in [0.25, 0.3) is 5.91 Å². The summed E-state index contributed by atoms with van der Waals surface area (Å²) in [7, 11) is 0. The van der Waals surface area contributed by atoms with Crippen LogP contribution in [0.4, 0.5) is 0 Å². The lowest BCUT2D eigenvalue weighted by Gasteiger charge is -2.12. The molecule has 0 aromatic heterocycles. The van der Waals surface area contributed by atoms with Gasteiger partial charge in [-0.15, -0.1) is 0 Å². The van der Waals surface area contributed by atoms with E-state index in [9.17, 15) is 14.7 Å². The minimum atomic E-state index is -1.23. The van der Waals surface area contributed by atoms with Crippen molar-refractivity contribution in [2.75, 3.05) is 0 Å². The number of phenols is 1. The normalized spacial score (nSPS) is 10.4. The van der Waals surface area contributed by atoms with E-state index >= 15 is 0 Å². The molecule has 0 saturated carbocycles. The zero-order valence-electron chi connectivity index (χ0n) is 9.94. The van der Waals surface area contributed by atoms with E-state index in [1.807, 2.05) is 0 Å². The van der Waals surface area contributed by atoms with Crippen LogP contribution in [0, 0.1) is 6.92 Å². The number of aromatic hydroxyl groups is 1. The molecule has 0 saturated heterocycles. The Morgan fingerprint density at radius 1 is 1.29 bits per heavy atom. The van der Waals surface area contributed by atoms with E-state index in [0.717, 1.165) is 0 Å². The Kier molecular flexibility index (Phi) is 3.73. The summed E-state index contributed by atoms with van der Waals surface area (Å²) in [6, 6.07) is 2.54. The predicted molar refractivity (Wildman–Crippen MR) is 62.4 cm³/mol. The van der Waals surface area contributed by atoms with Gasteiger partial charge in [0.1, 0.15) is 5.75 Å². The van der Waals surface area contributed by atoms with Gasteiger partial charge < -0.3 is 15.5 Å². The van der Waals surface area contributed by atoms with E-state index in [2.05, 4.69) is 5.32 Å². The van der Waals surface area contributed by atoms with Crippen LogP contribution in [0.25, 0.3) is 0 Å². The Bertz CT molecular complexity index is 466. The molecular weight excluding hydrogens is 222 g/mol. The second kappa shape index (κ2) is 4.86. The molecular formula is C12H15NO4. The number of carbonyl (C=O) groups excluding carboxylic acids is 1. The van der Waals surface area contributed by atoms with Crippen LogP contribution in [0.15, 0.2) is 12.1 Å². The van der Waals surface area contributed by atoms with Crippen LogP contribution in [0.5, 0.6) is 5.75 Å². The summed E-state index contributed by atoms with van der Waals surface area (Å²) >= 11 is 0. The molecule has 3 N–H and O–H groups in total. The van der Waals surface area contributed by atoms with E-state index in [0.29, 0.717) is 0 Å². The van der Waals surface area contributed by atoms with Crippen LogP contribution >= 0.6 is 0 Å². The minimum Gasteiger partial charge on any atom is -0.508 e. The van der Waals surface area contributed by atoms with Crippen molar-refractivity contribution in [3.63, 3.8) is 0 Å². The number of phenolic OH excluding ortho intramolecular Hbond substituents is 1. The number of aromatic carboxylic acids is 1. The second-order valence-electron chi connectivity index (χ2n) is 4.07. The first-order valence-electron chi connectivity index (χ1n) is 5.21. The van der Waals surface area contributed by atoms with Gasteiger partial charge >= 0.3 is 5.97 Å². The van der Waals surface area contributed by atoms with Gasteiger partial charge in [-0.1, -0.05) is 0 Å². The SMILES string of the molecule is Cc1c(O)ccc(C(=O)NC(C)C)c1C(=O)O. The van der Waals surface area contributed by atoms with Crippen LogP contribution in [-0.2, 0) is 0 Å². The van der Waals surface area contributed by atoms with Gasteiger partial charge in [-0.05, 0) is 32.9 Å². The third kappa shape index (κ3) is 2.75. The van der Waals surface area contributed by atoms with Gasteiger partial charge in [0, 0.05) is 11.6 Å². The second-order valence-corrected chi connectivity index (χ2v) is 4.07. The fourth-order valence-corrected chi connectivity index (χ4v) is 1.51. The number of carbonyl (C=O) groups is 2. The van der Waals surface area contributed by atoms with Crippen LogP contribution in [0.2, 0.25) is 0 Å². The number of hydrogen-bond acceptors (Lipinski definition) is 3. The van der Waals surface area contributed by atoms with E-state index in [-0.39, 0.29) is 28.5 Å². The summed E-state index contributed by atoms with van der Waals surface area (Å²) in [6.45, 7) is 5.03. The zero-order chi connectivity index (χ0) is 13.2. The zero-order valence-corrected chi connectivity index (χ0v) is 9.94. The highest BCUT2D eigenvalue weighted by atomic mass is 16.4. The van der Waals surface area contributed by atoms with Gasteiger partial charge in [0.05, 0.1) is 11.1 Å². The van der Waals surface area contributed by atoms with E-state index < -0.39 is 11.9 Å². The van der Waals surface area contributed by atoms with Gasteiger partial charge in [0.15, 0.2) is 0 Å². The summed E-state index contributed by atoms with van der Waals surface area (Å²) < 4.78 is 0. The summed E-state index contributed by atoms with van der Waals surface area (Å²) in [4.78, 5) is 22.9. The molecule has 92 valence electrons. The van der Waals surface area contributed by atoms with Crippen LogP contribution in [0.3, 0.4) is 0 Å². The largest absolute Gasteiger partial charge is 0.508 e. The predicted octanol–water partition coefficient (Wildman–Crippen LogP) is 1.54. The standard InChI is InChI=1S/C12H15NO4/c1-6(2)13-11(15)8-4-5-9(14)7(3)10(8)12(16)17/h4-6,14H,1-3H3,(H,13,15)(H,16,17). The van der Waals surface area contributed by atoms with E-state index in [4.69, 9.17) is 5.11 Å². The Morgan fingerprint density at radius 2 is 1.88 bits per heavy atom. The van der Waals surface area contributed by atoms with Crippen molar-refractivity contribution in [2.24, 2.45) is 0 Å². The van der Waals surface area contributed by atoms with Crippen molar-refractivity contribution in [3.05, 3.63) is 28.8 Å². The molecule has 0 radical (unpaired) electrons. The van der Waals surface area contributed by atoms with E-state index in [1.165, 1.54) is 19.1 Å². The summed E-state index contributed by atoms with van der Waals surface area (Å²) in [5.74, 6) is -1.82. The third-order valence-corrected chi connectivity index (χ3v) is 2.31. The van der Waals surface area contributed by atoms with Crippen molar-refractivity contribution in [3.8, 4) is 5.75 Å². The number of carboxylic acids is 1. The Balaban J connectivity index is 3.29. The molecule has 1 aromatic carbocycles. The Morgan fingerprint density at radius 3 is 2.35 bits per heavy atom. The molecule has 5 nitrogen and oxygen atoms in total. The molecule has 5 heteroatoms.